The van der Waals surface area contributed by atoms with Crippen LogP contribution in [0.4, 0.5) is 0 Å². The maximum atomic E-state index is 12.6. The highest BCUT2D eigenvalue weighted by molar-refractivity contribution is 5.78. The van der Waals surface area contributed by atoms with Crippen LogP contribution in [0, 0.1) is 0 Å². The average molecular weight is 314 g/mol. The summed E-state index contributed by atoms with van der Waals surface area (Å²) in [7, 11) is 0. The van der Waals surface area contributed by atoms with Crippen molar-refractivity contribution in [2.45, 2.75) is 51.6 Å². The molecule has 0 spiro atoms. The number of hydrogen-bond donors (Lipinski definition) is 0. The number of nitrogens with zero attached hydrogens (tertiary/aromatic N) is 4. The van der Waals surface area contributed by atoms with Gasteiger partial charge in [-0.3, -0.25) is 9.59 Å². The van der Waals surface area contributed by atoms with Gasteiger partial charge in [-0.15, -0.1) is 5.10 Å². The third kappa shape index (κ3) is 3.25. The molecule has 1 fully saturated rings. The summed E-state index contributed by atoms with van der Waals surface area (Å²) < 4.78 is 1.18. The van der Waals surface area contributed by atoms with Crippen LogP contribution in [0.2, 0.25) is 0 Å². The Hall–Kier alpha value is -2.24. The molecule has 0 unspecified atom stereocenters. The summed E-state index contributed by atoms with van der Waals surface area (Å²) in [5, 5.41) is 8.45. The van der Waals surface area contributed by atoms with Gasteiger partial charge in [-0.25, -0.2) is 4.68 Å². The molecule has 0 radical (unpaired) electrons. The van der Waals surface area contributed by atoms with Crippen molar-refractivity contribution >= 4 is 16.8 Å². The molecule has 3 rings (SSSR count). The lowest BCUT2D eigenvalue weighted by Gasteiger charge is -2.33. The van der Waals surface area contributed by atoms with Crippen molar-refractivity contribution in [2.24, 2.45) is 0 Å². The van der Waals surface area contributed by atoms with E-state index in [2.05, 4.69) is 10.3 Å². The summed E-state index contributed by atoms with van der Waals surface area (Å²) >= 11 is 0. The largest absolute Gasteiger partial charge is 0.338 e. The quantitative estimate of drug-likeness (QED) is 0.865. The molecule has 0 N–H and O–H groups in total. The highest BCUT2D eigenvalue weighted by atomic mass is 16.2. The predicted octanol–water partition coefficient (Wildman–Crippen LogP) is 1.97. The number of benzene rings is 1. The van der Waals surface area contributed by atoms with Gasteiger partial charge in [0.15, 0.2) is 0 Å². The highest BCUT2D eigenvalue weighted by Crippen LogP contribution is 2.22. The number of rotatable bonds is 4. The zero-order valence-corrected chi connectivity index (χ0v) is 13.4. The fourth-order valence-electron chi connectivity index (χ4n) is 3.38. The summed E-state index contributed by atoms with van der Waals surface area (Å²) in [4.78, 5) is 27.0. The predicted molar refractivity (Wildman–Crippen MR) is 88.1 cm³/mol. The van der Waals surface area contributed by atoms with Crippen LogP contribution in [0.1, 0.15) is 39.0 Å². The molecule has 0 aliphatic heterocycles. The van der Waals surface area contributed by atoms with Gasteiger partial charge in [-0.2, -0.15) is 0 Å². The van der Waals surface area contributed by atoms with Crippen molar-refractivity contribution in [1.82, 2.24) is 19.9 Å². The fourth-order valence-corrected chi connectivity index (χ4v) is 3.38. The van der Waals surface area contributed by atoms with Crippen LogP contribution in [0.3, 0.4) is 0 Å². The van der Waals surface area contributed by atoms with Crippen LogP contribution in [0.25, 0.3) is 10.9 Å². The summed E-state index contributed by atoms with van der Waals surface area (Å²) in [6, 6.07) is 7.36. The number of amides is 1. The lowest BCUT2D eigenvalue weighted by atomic mass is 9.94. The number of carbonyl (C=O) groups is 1. The van der Waals surface area contributed by atoms with Crippen LogP contribution in [-0.4, -0.2) is 38.4 Å². The average Bonchev–Trinajstić information content (AvgIpc) is 2.59. The van der Waals surface area contributed by atoms with E-state index in [1.807, 2.05) is 17.9 Å². The van der Waals surface area contributed by atoms with E-state index in [1.165, 1.54) is 23.9 Å². The number of likely N-dealkylation sites (N-methyl/N-ethyl adjacent to an activating group) is 1. The molecule has 1 aromatic heterocycles. The first-order chi connectivity index (χ1) is 11.2. The zero-order chi connectivity index (χ0) is 16.2. The standard InChI is InChI=1S/C17H22N4O2/c1-2-20(13-8-4-3-5-9-13)16(22)12-21-17(23)14-10-6-7-11-15(14)18-19-21/h6-7,10-11,13H,2-5,8-9,12H2,1H3. The van der Waals surface area contributed by atoms with Gasteiger partial charge < -0.3 is 4.90 Å². The van der Waals surface area contributed by atoms with Crippen molar-refractivity contribution in [1.29, 1.82) is 0 Å². The first kappa shape index (κ1) is 15.6. The molecule has 2 aromatic rings. The molecule has 1 aliphatic rings. The first-order valence-electron chi connectivity index (χ1n) is 8.32. The Kier molecular flexibility index (Phi) is 4.69. The second-order valence-electron chi connectivity index (χ2n) is 6.04. The molecular formula is C17H22N4O2. The van der Waals surface area contributed by atoms with Crippen LogP contribution in [0.5, 0.6) is 0 Å². The topological polar surface area (TPSA) is 68.1 Å². The lowest BCUT2D eigenvalue weighted by molar-refractivity contribution is -0.134. The monoisotopic (exact) mass is 314 g/mol. The fraction of sp³-hybridized carbons (Fsp3) is 0.529. The Balaban J connectivity index is 1.81. The van der Waals surface area contributed by atoms with Gasteiger partial charge >= 0.3 is 0 Å². The Morgan fingerprint density at radius 2 is 2.00 bits per heavy atom. The Morgan fingerprint density at radius 1 is 1.26 bits per heavy atom. The minimum absolute atomic E-state index is 0.0407. The van der Waals surface area contributed by atoms with Crippen LogP contribution >= 0.6 is 0 Å². The maximum Gasteiger partial charge on any atom is 0.278 e. The van der Waals surface area contributed by atoms with Gasteiger partial charge in [0.1, 0.15) is 12.1 Å². The normalized spacial score (nSPS) is 15.7. The minimum Gasteiger partial charge on any atom is -0.338 e. The molecule has 1 amide bonds. The molecule has 1 heterocycles. The first-order valence-corrected chi connectivity index (χ1v) is 8.32. The Bertz CT molecular complexity index is 750. The molecule has 0 bridgehead atoms. The molecule has 0 atom stereocenters. The third-order valence-electron chi connectivity index (χ3n) is 4.59. The van der Waals surface area contributed by atoms with Crippen molar-refractivity contribution in [3.05, 3.63) is 34.6 Å². The third-order valence-corrected chi connectivity index (χ3v) is 4.59. The van der Waals surface area contributed by atoms with E-state index in [-0.39, 0.29) is 18.0 Å². The van der Waals surface area contributed by atoms with E-state index < -0.39 is 0 Å². The maximum absolute atomic E-state index is 12.6. The van der Waals surface area contributed by atoms with Crippen LogP contribution in [0.15, 0.2) is 29.1 Å². The zero-order valence-electron chi connectivity index (χ0n) is 13.4. The number of hydrogen-bond acceptors (Lipinski definition) is 4. The van der Waals surface area contributed by atoms with Crippen molar-refractivity contribution in [2.75, 3.05) is 6.54 Å². The van der Waals surface area contributed by atoms with E-state index in [0.29, 0.717) is 23.5 Å². The van der Waals surface area contributed by atoms with E-state index >= 15 is 0 Å². The number of carbonyl (C=O) groups excluding carboxylic acids is 1. The van der Waals surface area contributed by atoms with Gasteiger partial charge in [-0.1, -0.05) is 36.6 Å². The van der Waals surface area contributed by atoms with Gasteiger partial charge in [0.05, 0.1) is 5.39 Å². The molecule has 6 nitrogen and oxygen atoms in total. The summed E-state index contributed by atoms with van der Waals surface area (Å²) in [6.07, 6.45) is 5.70. The van der Waals surface area contributed by atoms with E-state index in [0.717, 1.165) is 12.8 Å². The summed E-state index contributed by atoms with van der Waals surface area (Å²) in [5.41, 5.74) is 0.296. The number of aromatic nitrogens is 3. The second-order valence-corrected chi connectivity index (χ2v) is 6.04. The lowest BCUT2D eigenvalue weighted by Crippen LogP contribution is -2.44. The van der Waals surface area contributed by atoms with Crippen molar-refractivity contribution in [3.63, 3.8) is 0 Å². The smallest absolute Gasteiger partial charge is 0.278 e. The molecule has 1 saturated carbocycles. The Labute approximate surface area is 135 Å². The van der Waals surface area contributed by atoms with E-state index in [9.17, 15) is 9.59 Å². The Morgan fingerprint density at radius 3 is 2.74 bits per heavy atom. The summed E-state index contributed by atoms with van der Waals surface area (Å²) in [6.45, 7) is 2.61. The molecule has 6 heteroatoms. The van der Waals surface area contributed by atoms with Gasteiger partial charge in [0.25, 0.3) is 5.56 Å². The molecular weight excluding hydrogens is 292 g/mol. The molecule has 23 heavy (non-hydrogen) atoms. The van der Waals surface area contributed by atoms with Gasteiger partial charge in [0.2, 0.25) is 5.91 Å². The van der Waals surface area contributed by atoms with Crippen molar-refractivity contribution in [3.8, 4) is 0 Å². The molecule has 0 saturated heterocycles. The second kappa shape index (κ2) is 6.89. The highest BCUT2D eigenvalue weighted by Gasteiger charge is 2.24. The summed E-state index contributed by atoms with van der Waals surface area (Å²) in [5.74, 6) is -0.0499. The van der Waals surface area contributed by atoms with Crippen LogP contribution in [-0.2, 0) is 11.3 Å². The van der Waals surface area contributed by atoms with E-state index in [1.54, 1.807) is 18.2 Å². The van der Waals surface area contributed by atoms with Gasteiger partial charge in [0, 0.05) is 12.6 Å². The van der Waals surface area contributed by atoms with Crippen LogP contribution < -0.4 is 5.56 Å². The molecule has 122 valence electrons. The number of fused-ring (bicyclic) bond motifs is 1. The van der Waals surface area contributed by atoms with Gasteiger partial charge in [-0.05, 0) is 31.9 Å². The van der Waals surface area contributed by atoms with E-state index in [4.69, 9.17) is 0 Å². The van der Waals surface area contributed by atoms with Crippen molar-refractivity contribution < 1.29 is 4.79 Å². The SMILES string of the molecule is CCN(C(=O)Cn1nnc2ccccc2c1=O)C1CCCCC1. The molecule has 1 aliphatic carbocycles. The minimum atomic E-state index is -0.261. The molecule has 1 aromatic carbocycles.